The van der Waals surface area contributed by atoms with Crippen LogP contribution in [0.2, 0.25) is 0 Å². The zero-order valence-electron chi connectivity index (χ0n) is 15.6. The van der Waals surface area contributed by atoms with Crippen molar-refractivity contribution in [2.24, 2.45) is 0 Å². The van der Waals surface area contributed by atoms with Crippen LogP contribution in [0.4, 0.5) is 0 Å². The molecule has 7 heteroatoms. The number of rotatable bonds is 6. The Bertz CT molecular complexity index is 744. The van der Waals surface area contributed by atoms with E-state index in [1.807, 2.05) is 0 Å². The predicted molar refractivity (Wildman–Crippen MR) is 105 cm³/mol. The molecule has 2 saturated heterocycles. The molecular weight excluding hydrogens is 340 g/mol. The highest BCUT2D eigenvalue weighted by Crippen LogP contribution is 2.23. The largest absolute Gasteiger partial charge is 0.348 e. The molecule has 27 heavy (non-hydrogen) atoms. The number of nitrogens with one attached hydrogen (secondary N) is 4. The van der Waals surface area contributed by atoms with Crippen molar-refractivity contribution in [3.8, 4) is 0 Å². The molecule has 4 rings (SSSR count). The summed E-state index contributed by atoms with van der Waals surface area (Å²) in [5.74, 6) is 0.285. The van der Waals surface area contributed by atoms with Crippen LogP contribution in [-0.2, 0) is 13.1 Å². The Morgan fingerprint density at radius 3 is 2.63 bits per heavy atom. The van der Waals surface area contributed by atoms with Crippen molar-refractivity contribution >= 4 is 5.91 Å². The molecule has 2 fully saturated rings. The maximum atomic E-state index is 12.6. The third kappa shape index (κ3) is 4.55. The summed E-state index contributed by atoms with van der Waals surface area (Å²) in [6.07, 6.45) is 2.68. The van der Waals surface area contributed by atoms with Gasteiger partial charge in [-0.05, 0) is 24.1 Å². The molecule has 1 aromatic heterocycles. The third-order valence-electron chi connectivity index (χ3n) is 5.47. The van der Waals surface area contributed by atoms with E-state index in [9.17, 15) is 4.79 Å². The molecule has 1 atom stereocenters. The minimum atomic E-state index is -0.0597. The number of benzene rings is 1. The smallest absolute Gasteiger partial charge is 0.255 e. The first-order valence-corrected chi connectivity index (χ1v) is 9.82. The highest BCUT2D eigenvalue weighted by molar-refractivity contribution is 5.95. The zero-order chi connectivity index (χ0) is 18.5. The van der Waals surface area contributed by atoms with Crippen LogP contribution in [0.5, 0.6) is 0 Å². The van der Waals surface area contributed by atoms with Crippen LogP contribution in [0.15, 0.2) is 30.5 Å². The first-order valence-electron chi connectivity index (χ1n) is 9.82. The van der Waals surface area contributed by atoms with E-state index in [-0.39, 0.29) is 5.91 Å². The van der Waals surface area contributed by atoms with Crippen LogP contribution < -0.4 is 16.0 Å². The Kier molecular flexibility index (Phi) is 5.81. The van der Waals surface area contributed by atoms with E-state index >= 15 is 0 Å². The van der Waals surface area contributed by atoms with E-state index in [0.717, 1.165) is 63.5 Å². The third-order valence-corrected chi connectivity index (χ3v) is 5.47. The number of amides is 1. The van der Waals surface area contributed by atoms with Gasteiger partial charge in [0.15, 0.2) is 0 Å². The first-order chi connectivity index (χ1) is 13.3. The van der Waals surface area contributed by atoms with Crippen molar-refractivity contribution in [3.05, 3.63) is 52.8 Å². The van der Waals surface area contributed by atoms with Gasteiger partial charge in [0.05, 0.1) is 17.5 Å². The van der Waals surface area contributed by atoms with Crippen LogP contribution in [0.3, 0.4) is 0 Å². The normalized spacial score (nSPS) is 20.7. The second-order valence-corrected chi connectivity index (χ2v) is 7.41. The number of aromatic amines is 1. The van der Waals surface area contributed by atoms with Gasteiger partial charge in [-0.15, -0.1) is 0 Å². The van der Waals surface area contributed by atoms with Gasteiger partial charge >= 0.3 is 0 Å². The SMILES string of the molecule is O=C(NCc1ccc(CN2CCNCC2)cc1)c1cn[nH]c1C1CCNC1. The van der Waals surface area contributed by atoms with Crippen molar-refractivity contribution in [2.75, 3.05) is 39.3 Å². The van der Waals surface area contributed by atoms with Crippen LogP contribution >= 0.6 is 0 Å². The number of piperazine rings is 1. The zero-order valence-corrected chi connectivity index (χ0v) is 15.6. The van der Waals surface area contributed by atoms with Gasteiger partial charge in [0.2, 0.25) is 0 Å². The average Bonchev–Trinajstić information content (AvgIpc) is 3.39. The van der Waals surface area contributed by atoms with E-state index in [0.29, 0.717) is 18.0 Å². The van der Waals surface area contributed by atoms with Gasteiger partial charge in [0.25, 0.3) is 5.91 Å². The summed E-state index contributed by atoms with van der Waals surface area (Å²) in [6, 6.07) is 8.54. The Morgan fingerprint density at radius 1 is 1.11 bits per heavy atom. The maximum Gasteiger partial charge on any atom is 0.255 e. The first kappa shape index (κ1) is 18.2. The number of hydrogen-bond donors (Lipinski definition) is 4. The van der Waals surface area contributed by atoms with Crippen LogP contribution in [0.1, 0.15) is 39.5 Å². The van der Waals surface area contributed by atoms with Gasteiger partial charge < -0.3 is 16.0 Å². The molecule has 144 valence electrons. The summed E-state index contributed by atoms with van der Waals surface area (Å²) in [4.78, 5) is 15.0. The number of carbonyl (C=O) groups excluding carboxylic acids is 1. The number of hydrogen-bond acceptors (Lipinski definition) is 5. The Morgan fingerprint density at radius 2 is 1.89 bits per heavy atom. The Balaban J connectivity index is 1.31. The van der Waals surface area contributed by atoms with E-state index in [2.05, 4.69) is 55.3 Å². The fraction of sp³-hybridized carbons (Fsp3) is 0.500. The summed E-state index contributed by atoms with van der Waals surface area (Å²) in [7, 11) is 0. The topological polar surface area (TPSA) is 85.1 Å². The molecule has 0 aliphatic carbocycles. The van der Waals surface area contributed by atoms with Crippen LogP contribution in [-0.4, -0.2) is 60.3 Å². The Labute approximate surface area is 159 Å². The summed E-state index contributed by atoms with van der Waals surface area (Å²) in [5, 5.41) is 16.8. The standard InChI is InChI=1S/C20H28N6O/c27-20(18-13-24-25-19(18)17-5-6-22-12-17)23-11-15-1-3-16(4-2-15)14-26-9-7-21-8-10-26/h1-4,13,17,21-22H,5-12,14H2,(H,23,27)(H,24,25). The number of H-pyrrole nitrogens is 1. The van der Waals surface area contributed by atoms with Crippen LogP contribution in [0, 0.1) is 0 Å². The fourth-order valence-electron chi connectivity index (χ4n) is 3.86. The summed E-state index contributed by atoms with van der Waals surface area (Å²) >= 11 is 0. The predicted octanol–water partition coefficient (Wildman–Crippen LogP) is 0.822. The van der Waals surface area contributed by atoms with Gasteiger partial charge in [-0.3, -0.25) is 14.8 Å². The number of carbonyl (C=O) groups is 1. The molecular formula is C20H28N6O. The summed E-state index contributed by atoms with van der Waals surface area (Å²) in [6.45, 7) is 7.74. The average molecular weight is 368 g/mol. The Hall–Kier alpha value is -2.22. The summed E-state index contributed by atoms with van der Waals surface area (Å²) < 4.78 is 0. The van der Waals surface area contributed by atoms with E-state index in [1.54, 1.807) is 6.20 Å². The van der Waals surface area contributed by atoms with Crippen molar-refractivity contribution in [1.29, 1.82) is 0 Å². The highest BCUT2D eigenvalue weighted by Gasteiger charge is 2.24. The minimum Gasteiger partial charge on any atom is -0.348 e. The lowest BCUT2D eigenvalue weighted by Crippen LogP contribution is -2.42. The van der Waals surface area contributed by atoms with E-state index < -0.39 is 0 Å². The molecule has 1 aromatic carbocycles. The molecule has 2 aromatic rings. The molecule has 0 bridgehead atoms. The highest BCUT2D eigenvalue weighted by atomic mass is 16.1. The monoisotopic (exact) mass is 368 g/mol. The molecule has 3 heterocycles. The number of nitrogens with zero attached hydrogens (tertiary/aromatic N) is 2. The lowest BCUT2D eigenvalue weighted by molar-refractivity contribution is 0.0949. The van der Waals surface area contributed by atoms with Crippen molar-refractivity contribution in [1.82, 2.24) is 31.0 Å². The van der Waals surface area contributed by atoms with Gasteiger partial charge in [0, 0.05) is 51.7 Å². The summed E-state index contributed by atoms with van der Waals surface area (Å²) in [5.41, 5.74) is 4.04. The van der Waals surface area contributed by atoms with Gasteiger partial charge in [-0.25, -0.2) is 0 Å². The molecule has 7 nitrogen and oxygen atoms in total. The van der Waals surface area contributed by atoms with Gasteiger partial charge in [-0.2, -0.15) is 5.10 Å². The second kappa shape index (κ2) is 8.65. The van der Waals surface area contributed by atoms with Crippen molar-refractivity contribution in [3.63, 3.8) is 0 Å². The molecule has 0 radical (unpaired) electrons. The van der Waals surface area contributed by atoms with Crippen molar-refractivity contribution < 1.29 is 4.79 Å². The van der Waals surface area contributed by atoms with Gasteiger partial charge in [-0.1, -0.05) is 24.3 Å². The molecule has 0 saturated carbocycles. The second-order valence-electron chi connectivity index (χ2n) is 7.41. The molecule has 1 unspecified atom stereocenters. The molecule has 1 amide bonds. The maximum absolute atomic E-state index is 12.6. The molecule has 2 aliphatic rings. The number of aromatic nitrogens is 2. The van der Waals surface area contributed by atoms with Crippen LogP contribution in [0.25, 0.3) is 0 Å². The van der Waals surface area contributed by atoms with Gasteiger partial charge in [0.1, 0.15) is 0 Å². The molecule has 4 N–H and O–H groups in total. The minimum absolute atomic E-state index is 0.0597. The fourth-order valence-corrected chi connectivity index (χ4v) is 3.86. The molecule has 2 aliphatic heterocycles. The molecule has 0 spiro atoms. The lowest BCUT2D eigenvalue weighted by Gasteiger charge is -2.27. The quantitative estimate of drug-likeness (QED) is 0.607. The van der Waals surface area contributed by atoms with Crippen molar-refractivity contribution in [2.45, 2.75) is 25.4 Å². The lowest BCUT2D eigenvalue weighted by atomic mass is 10.0. The van der Waals surface area contributed by atoms with E-state index in [4.69, 9.17) is 0 Å². The van der Waals surface area contributed by atoms with E-state index in [1.165, 1.54) is 5.56 Å².